The van der Waals surface area contributed by atoms with Gasteiger partial charge in [-0.15, -0.1) is 0 Å². The number of carbonyl (C=O) groups is 1. The molecule has 1 atom stereocenters. The molecule has 3 nitrogen and oxygen atoms in total. The predicted octanol–water partition coefficient (Wildman–Crippen LogP) is 2.86. The second-order valence-electron chi connectivity index (χ2n) is 6.11. The Balaban J connectivity index is 1.34. The van der Waals surface area contributed by atoms with Crippen LogP contribution in [-0.2, 0) is 17.9 Å². The number of hydrogen-bond acceptors (Lipinski definition) is 2. The molecule has 0 bridgehead atoms. The first-order valence-electron chi connectivity index (χ1n) is 8.05. The first-order valence-corrected chi connectivity index (χ1v) is 8.05. The molecule has 2 aliphatic rings. The van der Waals surface area contributed by atoms with Gasteiger partial charge in [0.05, 0.1) is 0 Å². The summed E-state index contributed by atoms with van der Waals surface area (Å²) in [5, 5.41) is 3.10. The third-order valence-electron chi connectivity index (χ3n) is 4.50. The Hall–Kier alpha value is -1.61. The predicted molar refractivity (Wildman–Crippen MR) is 84.7 cm³/mol. The lowest BCUT2D eigenvalue weighted by Gasteiger charge is -2.18. The van der Waals surface area contributed by atoms with E-state index in [1.54, 1.807) is 0 Å². The van der Waals surface area contributed by atoms with Crippen molar-refractivity contribution in [3.05, 3.63) is 47.5 Å². The number of amides is 1. The molecule has 21 heavy (non-hydrogen) atoms. The number of allylic oxidation sites excluding steroid dienone is 2. The molecule has 1 aliphatic heterocycles. The minimum Gasteiger partial charge on any atom is -0.356 e. The van der Waals surface area contributed by atoms with Gasteiger partial charge in [0.1, 0.15) is 0 Å². The van der Waals surface area contributed by atoms with Crippen LogP contribution in [-0.4, -0.2) is 23.9 Å². The van der Waals surface area contributed by atoms with Crippen LogP contribution in [0.25, 0.3) is 0 Å². The number of fused-ring (bicyclic) bond motifs is 1. The van der Waals surface area contributed by atoms with Crippen LogP contribution in [0.15, 0.2) is 36.4 Å². The minimum absolute atomic E-state index is 0.200. The van der Waals surface area contributed by atoms with E-state index in [0.29, 0.717) is 0 Å². The molecule has 0 spiro atoms. The van der Waals surface area contributed by atoms with Crippen LogP contribution in [0.3, 0.4) is 0 Å². The number of rotatable bonds is 5. The van der Waals surface area contributed by atoms with Gasteiger partial charge in [-0.1, -0.05) is 36.4 Å². The van der Waals surface area contributed by atoms with E-state index in [1.165, 1.54) is 11.1 Å². The average Bonchev–Trinajstić information content (AvgIpc) is 2.95. The largest absolute Gasteiger partial charge is 0.356 e. The van der Waals surface area contributed by atoms with Crippen LogP contribution >= 0.6 is 0 Å². The zero-order valence-electron chi connectivity index (χ0n) is 12.6. The Morgan fingerprint density at radius 2 is 1.95 bits per heavy atom. The van der Waals surface area contributed by atoms with E-state index in [1.807, 2.05) is 0 Å². The molecule has 1 heterocycles. The molecule has 0 saturated heterocycles. The van der Waals surface area contributed by atoms with Gasteiger partial charge in [0, 0.05) is 32.1 Å². The van der Waals surface area contributed by atoms with Crippen molar-refractivity contribution in [1.82, 2.24) is 10.2 Å². The topological polar surface area (TPSA) is 32.3 Å². The van der Waals surface area contributed by atoms with Crippen molar-refractivity contribution in [2.75, 3.05) is 13.1 Å². The lowest BCUT2D eigenvalue weighted by Crippen LogP contribution is -2.33. The van der Waals surface area contributed by atoms with Crippen LogP contribution in [0.5, 0.6) is 0 Å². The summed E-state index contributed by atoms with van der Waals surface area (Å²) in [5.41, 5.74) is 2.91. The van der Waals surface area contributed by atoms with Crippen LogP contribution in [0, 0.1) is 5.92 Å². The van der Waals surface area contributed by atoms with Gasteiger partial charge in [-0.3, -0.25) is 9.69 Å². The Labute approximate surface area is 127 Å². The van der Waals surface area contributed by atoms with Gasteiger partial charge in [-0.05, 0) is 36.8 Å². The van der Waals surface area contributed by atoms with Crippen LogP contribution < -0.4 is 5.32 Å². The van der Waals surface area contributed by atoms with Crippen molar-refractivity contribution in [3.63, 3.8) is 0 Å². The molecule has 3 heteroatoms. The molecule has 1 aliphatic carbocycles. The van der Waals surface area contributed by atoms with E-state index in [-0.39, 0.29) is 11.8 Å². The molecular formula is C18H24N2O. The fraction of sp³-hybridized carbons (Fsp3) is 0.500. The highest BCUT2D eigenvalue weighted by molar-refractivity contribution is 5.78. The summed E-state index contributed by atoms with van der Waals surface area (Å²) in [6.45, 7) is 3.96. The summed E-state index contributed by atoms with van der Waals surface area (Å²) >= 11 is 0. The highest BCUT2D eigenvalue weighted by Crippen LogP contribution is 2.22. The van der Waals surface area contributed by atoms with Crippen LogP contribution in [0.1, 0.15) is 36.8 Å². The average molecular weight is 284 g/mol. The number of nitrogens with one attached hydrogen (secondary N) is 1. The van der Waals surface area contributed by atoms with Crippen LogP contribution in [0.4, 0.5) is 0 Å². The number of benzene rings is 1. The van der Waals surface area contributed by atoms with Gasteiger partial charge < -0.3 is 5.32 Å². The number of carbonyl (C=O) groups excluding carboxylic acids is 1. The molecule has 0 radical (unpaired) electrons. The van der Waals surface area contributed by atoms with E-state index in [2.05, 4.69) is 46.6 Å². The monoisotopic (exact) mass is 284 g/mol. The third-order valence-corrected chi connectivity index (χ3v) is 4.50. The molecule has 1 aromatic carbocycles. The highest BCUT2D eigenvalue weighted by atomic mass is 16.1. The summed E-state index contributed by atoms with van der Waals surface area (Å²) in [5.74, 6) is 0.440. The smallest absolute Gasteiger partial charge is 0.223 e. The maximum absolute atomic E-state index is 12.0. The van der Waals surface area contributed by atoms with Gasteiger partial charge in [0.25, 0.3) is 0 Å². The molecule has 1 N–H and O–H groups in total. The molecule has 1 amide bonds. The molecule has 112 valence electrons. The Kier molecular flexibility index (Phi) is 4.71. The second kappa shape index (κ2) is 6.90. The van der Waals surface area contributed by atoms with E-state index >= 15 is 0 Å². The fourth-order valence-electron chi connectivity index (χ4n) is 3.25. The van der Waals surface area contributed by atoms with E-state index in [4.69, 9.17) is 0 Å². The summed E-state index contributed by atoms with van der Waals surface area (Å²) in [6.07, 6.45) is 8.30. The molecule has 0 fully saturated rings. The Bertz CT molecular complexity index is 499. The molecule has 0 saturated carbocycles. The van der Waals surface area contributed by atoms with Crippen molar-refractivity contribution >= 4 is 5.91 Å². The Morgan fingerprint density at radius 1 is 1.19 bits per heavy atom. The van der Waals surface area contributed by atoms with Gasteiger partial charge in [0.15, 0.2) is 0 Å². The van der Waals surface area contributed by atoms with Crippen molar-refractivity contribution in [2.24, 2.45) is 5.92 Å². The van der Waals surface area contributed by atoms with E-state index in [0.717, 1.165) is 51.9 Å². The van der Waals surface area contributed by atoms with Crippen molar-refractivity contribution in [2.45, 2.75) is 38.8 Å². The van der Waals surface area contributed by atoms with Gasteiger partial charge >= 0.3 is 0 Å². The molecular weight excluding hydrogens is 260 g/mol. The summed E-state index contributed by atoms with van der Waals surface area (Å²) in [4.78, 5) is 14.5. The highest BCUT2D eigenvalue weighted by Gasteiger charge is 2.19. The van der Waals surface area contributed by atoms with Gasteiger partial charge in [0.2, 0.25) is 5.91 Å². The van der Waals surface area contributed by atoms with Gasteiger partial charge in [-0.2, -0.15) is 0 Å². The molecule has 0 aromatic heterocycles. The summed E-state index contributed by atoms with van der Waals surface area (Å²) < 4.78 is 0. The van der Waals surface area contributed by atoms with Crippen molar-refractivity contribution < 1.29 is 4.79 Å². The number of hydrogen-bond donors (Lipinski definition) is 1. The Morgan fingerprint density at radius 3 is 2.62 bits per heavy atom. The van der Waals surface area contributed by atoms with Crippen molar-refractivity contribution in [1.29, 1.82) is 0 Å². The zero-order chi connectivity index (χ0) is 14.5. The quantitative estimate of drug-likeness (QED) is 0.666. The molecule has 3 rings (SSSR count). The zero-order valence-corrected chi connectivity index (χ0v) is 12.6. The third kappa shape index (κ3) is 3.73. The van der Waals surface area contributed by atoms with Gasteiger partial charge in [-0.25, -0.2) is 0 Å². The standard InChI is InChI=1S/C18H24N2O/c21-18(15-7-2-1-3-8-15)19-11-6-12-20-13-16-9-4-5-10-17(16)14-20/h1-2,4-5,9-10,15H,3,6-8,11-14H2,(H,19,21). The molecule has 1 aromatic rings. The summed E-state index contributed by atoms with van der Waals surface area (Å²) in [7, 11) is 0. The second-order valence-corrected chi connectivity index (χ2v) is 6.11. The fourth-order valence-corrected chi connectivity index (χ4v) is 3.25. The first-order chi connectivity index (χ1) is 10.3. The van der Waals surface area contributed by atoms with Crippen molar-refractivity contribution in [3.8, 4) is 0 Å². The summed E-state index contributed by atoms with van der Waals surface area (Å²) in [6, 6.07) is 8.66. The number of nitrogens with zero attached hydrogens (tertiary/aromatic N) is 1. The lowest BCUT2D eigenvalue weighted by molar-refractivity contribution is -0.125. The minimum atomic E-state index is 0.200. The first kappa shape index (κ1) is 14.3. The lowest BCUT2D eigenvalue weighted by atomic mass is 9.94. The normalized spacial score (nSPS) is 21.2. The van der Waals surface area contributed by atoms with Crippen LogP contribution in [0.2, 0.25) is 0 Å². The SMILES string of the molecule is O=C(NCCCN1Cc2ccccc2C1)C1CC=CCC1. The maximum Gasteiger partial charge on any atom is 0.223 e. The van der Waals surface area contributed by atoms with E-state index in [9.17, 15) is 4.79 Å². The van der Waals surface area contributed by atoms with E-state index < -0.39 is 0 Å². The maximum atomic E-state index is 12.0. The molecule has 1 unspecified atom stereocenters.